The first-order chi connectivity index (χ1) is 7.69. The fourth-order valence-electron chi connectivity index (χ4n) is 2.62. The second-order valence-corrected chi connectivity index (χ2v) is 7.61. The van der Waals surface area contributed by atoms with E-state index in [2.05, 4.69) is 0 Å². The lowest BCUT2D eigenvalue weighted by molar-refractivity contribution is 0.439. The van der Waals surface area contributed by atoms with Gasteiger partial charge in [-0.05, 0) is 36.2 Å². The highest BCUT2D eigenvalue weighted by molar-refractivity contribution is 7.88. The Hall–Kier alpha value is -0.500. The second kappa shape index (κ2) is 3.76. The SMILES string of the molecule is O=P1(Cl)N(c2ccccc2)CC2CCCN21. The lowest BCUT2D eigenvalue weighted by atomic mass is 10.2. The van der Waals surface area contributed by atoms with Crippen LogP contribution in [-0.2, 0) is 4.57 Å². The molecule has 0 bridgehead atoms. The zero-order valence-electron chi connectivity index (χ0n) is 8.92. The molecular weight excluding hydrogens is 243 g/mol. The summed E-state index contributed by atoms with van der Waals surface area (Å²) < 4.78 is 16.4. The maximum atomic E-state index is 12.6. The number of fused-ring (bicyclic) bond motifs is 1. The molecule has 1 aromatic rings. The summed E-state index contributed by atoms with van der Waals surface area (Å²) >= 11 is 6.28. The van der Waals surface area contributed by atoms with E-state index in [0.717, 1.165) is 31.6 Å². The van der Waals surface area contributed by atoms with Crippen LogP contribution in [0.25, 0.3) is 0 Å². The fourth-order valence-corrected chi connectivity index (χ4v) is 5.73. The van der Waals surface area contributed by atoms with Crippen LogP contribution in [0.1, 0.15) is 12.8 Å². The molecule has 3 rings (SSSR count). The summed E-state index contributed by atoms with van der Waals surface area (Å²) in [6.07, 6.45) is 2.23. The summed E-state index contributed by atoms with van der Waals surface area (Å²) in [6, 6.07) is 10.2. The van der Waals surface area contributed by atoms with Gasteiger partial charge in [-0.2, -0.15) is 0 Å². The molecule has 0 amide bonds. The zero-order valence-corrected chi connectivity index (χ0v) is 10.6. The number of anilines is 1. The van der Waals surface area contributed by atoms with Crippen LogP contribution in [-0.4, -0.2) is 23.8 Å². The van der Waals surface area contributed by atoms with Crippen molar-refractivity contribution < 1.29 is 4.57 Å². The number of para-hydroxylation sites is 1. The van der Waals surface area contributed by atoms with Gasteiger partial charge in [0.1, 0.15) is 0 Å². The molecule has 1 aromatic carbocycles. The number of benzene rings is 1. The molecular formula is C11H14ClN2OP. The Kier molecular flexibility index (Phi) is 2.50. The monoisotopic (exact) mass is 256 g/mol. The number of hydrogen-bond acceptors (Lipinski definition) is 1. The number of hydrogen-bond donors (Lipinski definition) is 0. The molecule has 86 valence electrons. The lowest BCUT2D eigenvalue weighted by Crippen LogP contribution is -2.20. The standard InChI is InChI=1S/C11H14ClN2OP/c12-16(15)13-8-4-7-11(13)9-14(16)10-5-2-1-3-6-10/h1-3,5-6,11H,4,7-9H2. The van der Waals surface area contributed by atoms with Gasteiger partial charge >= 0.3 is 6.80 Å². The van der Waals surface area contributed by atoms with E-state index >= 15 is 0 Å². The molecule has 2 aliphatic rings. The first kappa shape index (κ1) is 10.6. The first-order valence-corrected chi connectivity index (χ1v) is 8.11. The molecule has 2 saturated heterocycles. The average Bonchev–Trinajstić information content (AvgIpc) is 2.83. The van der Waals surface area contributed by atoms with Crippen LogP contribution in [0, 0.1) is 0 Å². The van der Waals surface area contributed by atoms with Gasteiger partial charge in [-0.3, -0.25) is 9.24 Å². The van der Waals surface area contributed by atoms with Gasteiger partial charge in [-0.1, -0.05) is 18.2 Å². The van der Waals surface area contributed by atoms with E-state index in [1.165, 1.54) is 0 Å². The third-order valence-corrected chi connectivity index (χ3v) is 6.68. The maximum Gasteiger partial charge on any atom is 0.328 e. The van der Waals surface area contributed by atoms with Crippen molar-refractivity contribution in [2.24, 2.45) is 0 Å². The predicted octanol–water partition coefficient (Wildman–Crippen LogP) is 3.32. The molecule has 2 unspecified atom stereocenters. The Balaban J connectivity index is 1.96. The van der Waals surface area contributed by atoms with Crippen molar-refractivity contribution in [2.45, 2.75) is 18.9 Å². The van der Waals surface area contributed by atoms with E-state index in [0.29, 0.717) is 6.04 Å². The second-order valence-electron chi connectivity index (χ2n) is 4.35. The minimum absolute atomic E-state index is 0.378. The van der Waals surface area contributed by atoms with Crippen molar-refractivity contribution in [2.75, 3.05) is 17.8 Å². The van der Waals surface area contributed by atoms with Gasteiger partial charge in [0, 0.05) is 24.8 Å². The zero-order chi connectivity index (χ0) is 11.2. The Morgan fingerprint density at radius 1 is 1.31 bits per heavy atom. The Labute approximate surface area is 100 Å². The molecule has 0 aromatic heterocycles. The van der Waals surface area contributed by atoms with E-state index in [-0.39, 0.29) is 0 Å². The summed E-state index contributed by atoms with van der Waals surface area (Å²) in [7, 11) is 0. The lowest BCUT2D eigenvalue weighted by Gasteiger charge is -2.24. The highest BCUT2D eigenvalue weighted by Gasteiger charge is 2.49. The maximum absolute atomic E-state index is 12.6. The van der Waals surface area contributed by atoms with Crippen molar-refractivity contribution in [1.29, 1.82) is 0 Å². The van der Waals surface area contributed by atoms with Gasteiger partial charge in [0.2, 0.25) is 0 Å². The summed E-state index contributed by atoms with van der Waals surface area (Å²) in [6.45, 7) is -1.17. The minimum Gasteiger partial charge on any atom is -0.298 e. The van der Waals surface area contributed by atoms with Gasteiger partial charge in [-0.25, -0.2) is 4.67 Å². The van der Waals surface area contributed by atoms with E-state index < -0.39 is 6.80 Å². The largest absolute Gasteiger partial charge is 0.328 e. The third kappa shape index (κ3) is 1.50. The topological polar surface area (TPSA) is 23.6 Å². The molecule has 2 atom stereocenters. The molecule has 5 heteroatoms. The molecule has 2 fully saturated rings. The predicted molar refractivity (Wildman–Crippen MR) is 67.0 cm³/mol. The van der Waals surface area contributed by atoms with Gasteiger partial charge in [0.05, 0.1) is 0 Å². The van der Waals surface area contributed by atoms with Crippen LogP contribution < -0.4 is 4.67 Å². The highest BCUT2D eigenvalue weighted by Crippen LogP contribution is 2.66. The number of nitrogens with zero attached hydrogens (tertiary/aromatic N) is 2. The van der Waals surface area contributed by atoms with E-state index in [1.54, 1.807) is 0 Å². The van der Waals surface area contributed by atoms with Crippen LogP contribution in [0.5, 0.6) is 0 Å². The van der Waals surface area contributed by atoms with E-state index in [1.807, 2.05) is 39.7 Å². The third-order valence-electron chi connectivity index (χ3n) is 3.40. The molecule has 0 aliphatic carbocycles. The Morgan fingerprint density at radius 2 is 2.06 bits per heavy atom. The normalized spacial score (nSPS) is 34.3. The quantitative estimate of drug-likeness (QED) is 0.720. The molecule has 0 saturated carbocycles. The van der Waals surface area contributed by atoms with Crippen LogP contribution in [0.3, 0.4) is 0 Å². The Bertz CT molecular complexity index is 439. The summed E-state index contributed by atoms with van der Waals surface area (Å²) in [5.41, 5.74) is 0.968. The molecule has 16 heavy (non-hydrogen) atoms. The van der Waals surface area contributed by atoms with Crippen molar-refractivity contribution in [3.63, 3.8) is 0 Å². The van der Waals surface area contributed by atoms with Gasteiger partial charge in [-0.15, -0.1) is 0 Å². The fraction of sp³-hybridized carbons (Fsp3) is 0.455. The molecule has 0 N–H and O–H groups in total. The van der Waals surface area contributed by atoms with E-state index in [9.17, 15) is 4.57 Å². The first-order valence-electron chi connectivity index (χ1n) is 5.59. The summed E-state index contributed by atoms with van der Waals surface area (Å²) in [5, 5.41) is 0. The van der Waals surface area contributed by atoms with Crippen LogP contribution in [0.15, 0.2) is 30.3 Å². The smallest absolute Gasteiger partial charge is 0.298 e. The molecule has 2 heterocycles. The number of rotatable bonds is 1. The average molecular weight is 257 g/mol. The highest BCUT2D eigenvalue weighted by atomic mass is 35.7. The van der Waals surface area contributed by atoms with E-state index in [4.69, 9.17) is 11.2 Å². The Morgan fingerprint density at radius 3 is 2.75 bits per heavy atom. The van der Waals surface area contributed by atoms with Crippen molar-refractivity contribution in [3.05, 3.63) is 30.3 Å². The van der Waals surface area contributed by atoms with Gasteiger partial charge < -0.3 is 0 Å². The summed E-state index contributed by atoms with van der Waals surface area (Å²) in [4.78, 5) is 0. The van der Waals surface area contributed by atoms with Crippen LogP contribution >= 0.6 is 18.0 Å². The van der Waals surface area contributed by atoms with Gasteiger partial charge in [0.25, 0.3) is 0 Å². The summed E-state index contributed by atoms with van der Waals surface area (Å²) in [5.74, 6) is 0. The van der Waals surface area contributed by atoms with Crippen LogP contribution in [0.4, 0.5) is 5.69 Å². The van der Waals surface area contributed by atoms with Crippen molar-refractivity contribution in [3.8, 4) is 0 Å². The van der Waals surface area contributed by atoms with Crippen molar-refractivity contribution in [1.82, 2.24) is 4.67 Å². The number of halogens is 1. The molecule has 2 aliphatic heterocycles. The van der Waals surface area contributed by atoms with Gasteiger partial charge in [0.15, 0.2) is 0 Å². The van der Waals surface area contributed by atoms with Crippen LogP contribution in [0.2, 0.25) is 0 Å². The molecule has 0 spiro atoms. The van der Waals surface area contributed by atoms with Crippen molar-refractivity contribution >= 4 is 23.7 Å². The minimum atomic E-state index is -2.84. The molecule has 0 radical (unpaired) electrons. The molecule has 3 nitrogen and oxygen atoms in total.